The molecular formula is C14H24N3O5S3+. The van der Waals surface area contributed by atoms with Crippen molar-refractivity contribution in [2.75, 3.05) is 26.7 Å². The average Bonchev–Trinajstić information content (AvgIpc) is 3.15. The van der Waals surface area contributed by atoms with E-state index in [-0.39, 0.29) is 18.3 Å². The Morgan fingerprint density at radius 3 is 2.80 bits per heavy atom. The molecule has 1 aromatic heterocycles. The number of nitrogens with zero attached hydrogens (tertiary/aromatic N) is 1. The lowest BCUT2D eigenvalue weighted by molar-refractivity contribution is -0.847. The van der Waals surface area contributed by atoms with Crippen LogP contribution in [0.25, 0.3) is 0 Å². The Kier molecular flexibility index (Phi) is 5.04. The van der Waals surface area contributed by atoms with Gasteiger partial charge < -0.3 is 10.1 Å². The van der Waals surface area contributed by atoms with Crippen LogP contribution in [0, 0.1) is 0 Å². The minimum Gasteiger partial charge on any atom is -0.331 e. The van der Waals surface area contributed by atoms with Gasteiger partial charge >= 0.3 is 10.0 Å². The molecule has 8 nitrogen and oxygen atoms in total. The molecule has 1 aromatic rings. The maximum Gasteiger partial charge on any atom is 0.339 e. The Hall–Kier alpha value is -0.560. The van der Waals surface area contributed by atoms with E-state index in [0.717, 1.165) is 24.2 Å². The number of methoxy groups -OCH3 is 1. The Morgan fingerprint density at radius 2 is 2.20 bits per heavy atom. The highest BCUT2D eigenvalue weighted by molar-refractivity contribution is 7.92. The third-order valence-corrected chi connectivity index (χ3v) is 10.5. The Bertz CT molecular complexity index is 864. The Labute approximate surface area is 152 Å². The van der Waals surface area contributed by atoms with E-state index in [1.807, 2.05) is 6.92 Å². The van der Waals surface area contributed by atoms with Crippen LogP contribution in [0.1, 0.15) is 37.8 Å². The second-order valence-corrected chi connectivity index (χ2v) is 11.7. The molecule has 3 atom stereocenters. The van der Waals surface area contributed by atoms with Crippen LogP contribution >= 0.6 is 11.3 Å². The van der Waals surface area contributed by atoms with Crippen molar-refractivity contribution < 1.29 is 25.5 Å². The first-order valence-electron chi connectivity index (χ1n) is 8.22. The van der Waals surface area contributed by atoms with Crippen LogP contribution in [0.15, 0.2) is 14.5 Å². The molecule has 1 fully saturated rings. The number of hydrogen-bond acceptors (Lipinski definition) is 7. The fourth-order valence-electron chi connectivity index (χ4n) is 3.82. The average molecular weight is 411 g/mol. The zero-order valence-corrected chi connectivity index (χ0v) is 16.7. The largest absolute Gasteiger partial charge is 0.339 e. The van der Waals surface area contributed by atoms with E-state index >= 15 is 0 Å². The quantitative estimate of drug-likeness (QED) is 0.691. The zero-order chi connectivity index (χ0) is 18.5. The molecule has 3 heterocycles. The van der Waals surface area contributed by atoms with E-state index < -0.39 is 26.3 Å². The standard InChI is InChI=1S/C14H24N3O5S3/c1-3-6-16-11-9-17(7-4-5-12(17)22-2)25(20,21)14-10(11)8-13(23-14)24(15,18)19/h8,11-12,16H,3-7,9H2,1-2H3,(H2,15,18,19)/q+1/t11-,12?,17?/m0/s1. The van der Waals surface area contributed by atoms with E-state index in [1.54, 1.807) is 0 Å². The second-order valence-electron chi connectivity index (χ2n) is 6.53. The SMILES string of the molecule is CCCN[C@H]1C[N+]2(CCCC2OC)S(=O)(=O)c2sc(S(N)(=O)=O)cc21. The van der Waals surface area contributed by atoms with Gasteiger partial charge in [0.2, 0.25) is 16.3 Å². The van der Waals surface area contributed by atoms with Crippen LogP contribution in [-0.4, -0.2) is 53.7 Å². The van der Waals surface area contributed by atoms with Gasteiger partial charge in [-0.2, -0.15) is 12.3 Å². The molecule has 2 aliphatic rings. The monoisotopic (exact) mass is 410 g/mol. The van der Waals surface area contributed by atoms with Gasteiger partial charge in [-0.25, -0.2) is 13.6 Å². The predicted octanol–water partition coefficient (Wildman–Crippen LogP) is 0.722. The molecule has 0 aliphatic carbocycles. The van der Waals surface area contributed by atoms with Gasteiger partial charge in [-0.1, -0.05) is 6.92 Å². The van der Waals surface area contributed by atoms with Crippen LogP contribution in [0.3, 0.4) is 0 Å². The normalized spacial score (nSPS) is 31.3. The van der Waals surface area contributed by atoms with E-state index in [0.29, 0.717) is 31.6 Å². The van der Waals surface area contributed by atoms with Crippen LogP contribution in [-0.2, 0) is 24.8 Å². The third kappa shape index (κ3) is 2.95. The molecule has 3 N–H and O–H groups in total. The summed E-state index contributed by atoms with van der Waals surface area (Å²) < 4.78 is 55.6. The maximum absolute atomic E-state index is 13.4. The van der Waals surface area contributed by atoms with Crippen LogP contribution in [0.5, 0.6) is 0 Å². The highest BCUT2D eigenvalue weighted by Gasteiger charge is 2.59. The van der Waals surface area contributed by atoms with Gasteiger partial charge in [0.25, 0.3) is 0 Å². The number of hydrogen-bond donors (Lipinski definition) is 2. The number of rotatable bonds is 5. The van der Waals surface area contributed by atoms with Gasteiger partial charge in [0, 0.05) is 25.5 Å². The van der Waals surface area contributed by atoms with Crippen molar-refractivity contribution in [1.82, 2.24) is 5.32 Å². The summed E-state index contributed by atoms with van der Waals surface area (Å²) in [5.74, 6) is 0. The number of fused-ring (bicyclic) bond motifs is 1. The number of thiophene rings is 1. The molecule has 25 heavy (non-hydrogen) atoms. The fraction of sp³-hybridized carbons (Fsp3) is 0.714. The molecule has 0 saturated carbocycles. The molecule has 11 heteroatoms. The van der Waals surface area contributed by atoms with E-state index in [1.165, 1.54) is 13.2 Å². The summed E-state index contributed by atoms with van der Waals surface area (Å²) in [6, 6.07) is 1.16. The molecule has 1 saturated heterocycles. The van der Waals surface area contributed by atoms with Gasteiger partial charge in [0.15, 0.2) is 4.21 Å². The van der Waals surface area contributed by atoms with Gasteiger partial charge in [-0.3, -0.25) is 0 Å². The summed E-state index contributed by atoms with van der Waals surface area (Å²) >= 11 is 0.748. The van der Waals surface area contributed by atoms with Crippen molar-refractivity contribution >= 4 is 31.4 Å². The summed E-state index contributed by atoms with van der Waals surface area (Å²) in [7, 11) is -6.20. The lowest BCUT2D eigenvalue weighted by atomic mass is 10.1. The number of sulfonamides is 2. The predicted molar refractivity (Wildman–Crippen MR) is 93.9 cm³/mol. The summed E-state index contributed by atoms with van der Waals surface area (Å²) in [6.07, 6.45) is 1.86. The Balaban J connectivity index is 2.19. The lowest BCUT2D eigenvalue weighted by Gasteiger charge is -2.42. The number of nitrogens with one attached hydrogen (secondary N) is 1. The minimum atomic E-state index is -3.96. The first kappa shape index (κ1) is 19.2. The molecule has 0 aromatic carbocycles. The van der Waals surface area contributed by atoms with Crippen LogP contribution < -0.4 is 10.5 Å². The van der Waals surface area contributed by atoms with Crippen molar-refractivity contribution in [1.29, 1.82) is 0 Å². The number of primary sulfonamides is 1. The molecule has 2 unspecified atom stereocenters. The highest BCUT2D eigenvalue weighted by Crippen LogP contribution is 2.47. The van der Waals surface area contributed by atoms with Crippen molar-refractivity contribution in [3.63, 3.8) is 0 Å². The summed E-state index contributed by atoms with van der Waals surface area (Å²) in [5, 5.41) is 8.60. The van der Waals surface area contributed by atoms with Gasteiger partial charge in [-0.15, -0.1) is 11.3 Å². The topological polar surface area (TPSA) is 116 Å². The van der Waals surface area contributed by atoms with Gasteiger partial charge in [0.1, 0.15) is 10.8 Å². The molecule has 142 valence electrons. The third-order valence-electron chi connectivity index (χ3n) is 4.99. The molecule has 0 amide bonds. The maximum atomic E-state index is 13.4. The first-order valence-corrected chi connectivity index (χ1v) is 12.0. The summed E-state index contributed by atoms with van der Waals surface area (Å²) in [5.41, 5.74) is 0.507. The minimum absolute atomic E-state index is 0.0975. The summed E-state index contributed by atoms with van der Waals surface area (Å²) in [6.45, 7) is 3.53. The highest BCUT2D eigenvalue weighted by atomic mass is 32.3. The number of ether oxygens (including phenoxy) is 1. The van der Waals surface area contributed by atoms with Gasteiger partial charge in [0.05, 0.1) is 12.6 Å². The smallest absolute Gasteiger partial charge is 0.331 e. The van der Waals surface area contributed by atoms with Crippen molar-refractivity contribution in [2.24, 2.45) is 5.14 Å². The van der Waals surface area contributed by atoms with Crippen LogP contribution in [0.4, 0.5) is 0 Å². The molecule has 3 rings (SSSR count). The molecule has 2 aliphatic heterocycles. The van der Waals surface area contributed by atoms with Gasteiger partial charge in [-0.05, 0) is 19.0 Å². The van der Waals surface area contributed by atoms with Crippen molar-refractivity contribution in [3.8, 4) is 0 Å². The number of quaternary nitrogens is 1. The first-order chi connectivity index (χ1) is 11.7. The van der Waals surface area contributed by atoms with Crippen molar-refractivity contribution in [3.05, 3.63) is 11.6 Å². The van der Waals surface area contributed by atoms with Crippen molar-refractivity contribution in [2.45, 2.75) is 46.9 Å². The Morgan fingerprint density at radius 1 is 1.48 bits per heavy atom. The molecule has 1 spiro atoms. The fourth-order valence-corrected chi connectivity index (χ4v) is 8.85. The van der Waals surface area contributed by atoms with E-state index in [2.05, 4.69) is 5.32 Å². The van der Waals surface area contributed by atoms with E-state index in [4.69, 9.17) is 9.88 Å². The zero-order valence-electron chi connectivity index (χ0n) is 14.3. The number of nitrogens with two attached hydrogens (primary N) is 1. The molecule has 0 radical (unpaired) electrons. The molecule has 0 bridgehead atoms. The summed E-state index contributed by atoms with van der Waals surface area (Å²) in [4.78, 5) is 0. The van der Waals surface area contributed by atoms with E-state index in [9.17, 15) is 16.8 Å². The molecular weight excluding hydrogens is 386 g/mol. The lowest BCUT2D eigenvalue weighted by Crippen LogP contribution is -2.61. The second kappa shape index (κ2) is 6.55. The van der Waals surface area contributed by atoms with Crippen LogP contribution in [0.2, 0.25) is 0 Å².